The van der Waals surface area contributed by atoms with Crippen LogP contribution in [0.1, 0.15) is 15.2 Å². The number of nitrogens with one attached hydrogen (secondary N) is 1. The molecule has 1 aromatic carbocycles. The minimum atomic E-state index is -0.468. The second-order valence-corrected chi connectivity index (χ2v) is 6.84. The molecule has 0 saturated carbocycles. The lowest BCUT2D eigenvalue weighted by Gasteiger charge is -2.06. The number of anilines is 1. The first kappa shape index (κ1) is 13.7. The maximum atomic E-state index is 13.6. The Morgan fingerprint density at radius 2 is 2.11 bits per heavy atom. The Morgan fingerprint density at radius 1 is 1.39 bits per heavy atom. The number of carbonyl (C=O) groups excluding carboxylic acids is 1. The Morgan fingerprint density at radius 3 is 2.67 bits per heavy atom. The Kier molecular flexibility index (Phi) is 4.19. The summed E-state index contributed by atoms with van der Waals surface area (Å²) in [7, 11) is 0. The summed E-state index contributed by atoms with van der Waals surface area (Å²) in [6.07, 6.45) is 0. The van der Waals surface area contributed by atoms with Gasteiger partial charge in [0.1, 0.15) is 5.82 Å². The molecule has 18 heavy (non-hydrogen) atoms. The van der Waals surface area contributed by atoms with Crippen molar-refractivity contribution in [3.8, 4) is 0 Å². The average molecular weight is 393 g/mol. The number of halogens is 3. The molecule has 0 atom stereocenters. The van der Waals surface area contributed by atoms with E-state index in [4.69, 9.17) is 0 Å². The molecule has 6 heteroatoms. The highest BCUT2D eigenvalue weighted by Gasteiger charge is 2.14. The molecule has 0 aliphatic rings. The molecule has 94 valence electrons. The van der Waals surface area contributed by atoms with E-state index >= 15 is 0 Å². The summed E-state index contributed by atoms with van der Waals surface area (Å²) < 4.78 is 15.0. The standard InChI is InChI=1S/C12H8Br2FNOS/c1-6-5-9(18-11(6)14)12(17)16-10-7(13)3-2-4-8(10)15/h2-5H,1H3,(H,16,17). The summed E-state index contributed by atoms with van der Waals surface area (Å²) in [5, 5.41) is 2.56. The predicted molar refractivity (Wildman–Crippen MR) is 78.8 cm³/mol. The van der Waals surface area contributed by atoms with E-state index in [2.05, 4.69) is 37.2 Å². The van der Waals surface area contributed by atoms with Crippen molar-refractivity contribution in [2.45, 2.75) is 6.92 Å². The van der Waals surface area contributed by atoms with Gasteiger partial charge in [-0.3, -0.25) is 4.79 Å². The Hall–Kier alpha value is -0.720. The first-order valence-corrected chi connectivity index (χ1v) is 7.40. The zero-order valence-electron chi connectivity index (χ0n) is 9.26. The summed E-state index contributed by atoms with van der Waals surface area (Å²) in [4.78, 5) is 12.5. The first-order chi connectivity index (χ1) is 8.49. The summed E-state index contributed by atoms with van der Waals surface area (Å²) in [6.45, 7) is 1.90. The minimum absolute atomic E-state index is 0.157. The maximum Gasteiger partial charge on any atom is 0.265 e. The SMILES string of the molecule is Cc1cc(C(=O)Nc2c(F)cccc2Br)sc1Br. The molecule has 1 N–H and O–H groups in total. The molecular formula is C12H8Br2FNOS. The van der Waals surface area contributed by atoms with Crippen molar-refractivity contribution >= 4 is 54.8 Å². The molecular weight excluding hydrogens is 385 g/mol. The van der Waals surface area contributed by atoms with Crippen LogP contribution in [-0.2, 0) is 0 Å². The van der Waals surface area contributed by atoms with Crippen LogP contribution in [0.5, 0.6) is 0 Å². The highest BCUT2D eigenvalue weighted by Crippen LogP contribution is 2.30. The molecule has 0 radical (unpaired) electrons. The molecule has 0 aliphatic heterocycles. The molecule has 2 aromatic rings. The van der Waals surface area contributed by atoms with E-state index in [0.29, 0.717) is 9.35 Å². The summed E-state index contributed by atoms with van der Waals surface area (Å²) >= 11 is 7.88. The van der Waals surface area contributed by atoms with Gasteiger partial charge in [0.05, 0.1) is 14.4 Å². The van der Waals surface area contributed by atoms with Crippen molar-refractivity contribution in [1.29, 1.82) is 0 Å². The van der Waals surface area contributed by atoms with Gasteiger partial charge in [0.2, 0.25) is 0 Å². The Bertz CT molecular complexity index is 572. The molecule has 0 saturated heterocycles. The van der Waals surface area contributed by atoms with Gasteiger partial charge in [0, 0.05) is 4.47 Å². The number of rotatable bonds is 2. The van der Waals surface area contributed by atoms with E-state index in [1.165, 1.54) is 17.4 Å². The molecule has 0 spiro atoms. The minimum Gasteiger partial charge on any atom is -0.318 e. The van der Waals surface area contributed by atoms with Crippen LogP contribution in [0.15, 0.2) is 32.5 Å². The van der Waals surface area contributed by atoms with Crippen LogP contribution >= 0.6 is 43.2 Å². The van der Waals surface area contributed by atoms with Gasteiger partial charge >= 0.3 is 0 Å². The van der Waals surface area contributed by atoms with Crippen LogP contribution in [-0.4, -0.2) is 5.91 Å². The van der Waals surface area contributed by atoms with Gasteiger partial charge < -0.3 is 5.32 Å². The van der Waals surface area contributed by atoms with Gasteiger partial charge in [-0.25, -0.2) is 4.39 Å². The Labute approximate surface area is 124 Å². The van der Waals surface area contributed by atoms with Crippen LogP contribution < -0.4 is 5.32 Å². The number of aryl methyl sites for hydroxylation is 1. The quantitative estimate of drug-likeness (QED) is 0.767. The highest BCUT2D eigenvalue weighted by molar-refractivity contribution is 9.11. The van der Waals surface area contributed by atoms with Crippen LogP contribution in [0.2, 0.25) is 0 Å². The van der Waals surface area contributed by atoms with Crippen LogP contribution in [0, 0.1) is 12.7 Å². The third-order valence-electron chi connectivity index (χ3n) is 2.28. The van der Waals surface area contributed by atoms with Gasteiger partial charge in [-0.15, -0.1) is 11.3 Å². The van der Waals surface area contributed by atoms with Gasteiger partial charge in [-0.05, 0) is 62.5 Å². The smallest absolute Gasteiger partial charge is 0.265 e. The predicted octanol–water partition coefficient (Wildman–Crippen LogP) is 4.97. The normalized spacial score (nSPS) is 10.4. The topological polar surface area (TPSA) is 29.1 Å². The van der Waals surface area contributed by atoms with Crippen molar-refractivity contribution in [2.24, 2.45) is 0 Å². The highest BCUT2D eigenvalue weighted by atomic mass is 79.9. The van der Waals surface area contributed by atoms with Crippen molar-refractivity contribution in [3.63, 3.8) is 0 Å². The lowest BCUT2D eigenvalue weighted by molar-refractivity contribution is 0.103. The molecule has 1 aromatic heterocycles. The van der Waals surface area contributed by atoms with Gasteiger partial charge in [-0.1, -0.05) is 6.07 Å². The van der Waals surface area contributed by atoms with Crippen molar-refractivity contribution in [2.75, 3.05) is 5.32 Å². The number of hydrogen-bond acceptors (Lipinski definition) is 2. The van der Waals surface area contributed by atoms with Gasteiger partial charge in [-0.2, -0.15) is 0 Å². The zero-order chi connectivity index (χ0) is 13.3. The van der Waals surface area contributed by atoms with E-state index in [-0.39, 0.29) is 11.6 Å². The second kappa shape index (κ2) is 5.50. The van der Waals surface area contributed by atoms with Crippen molar-refractivity contribution in [3.05, 3.63) is 48.8 Å². The molecule has 2 nitrogen and oxygen atoms in total. The number of amides is 1. The summed E-state index contributed by atoms with van der Waals surface area (Å²) in [5.41, 5.74) is 1.14. The van der Waals surface area contributed by atoms with E-state index in [0.717, 1.165) is 9.35 Å². The molecule has 0 fully saturated rings. The number of benzene rings is 1. The molecule has 2 rings (SSSR count). The lowest BCUT2D eigenvalue weighted by atomic mass is 10.3. The van der Waals surface area contributed by atoms with Crippen LogP contribution in [0.4, 0.5) is 10.1 Å². The third-order valence-corrected chi connectivity index (χ3v) is 5.08. The van der Waals surface area contributed by atoms with E-state index < -0.39 is 5.82 Å². The van der Waals surface area contributed by atoms with Crippen LogP contribution in [0.3, 0.4) is 0 Å². The molecule has 1 heterocycles. The molecule has 1 amide bonds. The monoisotopic (exact) mass is 391 g/mol. The number of para-hydroxylation sites is 1. The van der Waals surface area contributed by atoms with E-state index in [9.17, 15) is 9.18 Å². The first-order valence-electron chi connectivity index (χ1n) is 5.00. The maximum absolute atomic E-state index is 13.6. The van der Waals surface area contributed by atoms with E-state index in [1.54, 1.807) is 18.2 Å². The Balaban J connectivity index is 2.27. The van der Waals surface area contributed by atoms with Gasteiger partial charge in [0.15, 0.2) is 0 Å². The molecule has 0 aliphatic carbocycles. The number of carbonyl (C=O) groups is 1. The van der Waals surface area contributed by atoms with Gasteiger partial charge in [0.25, 0.3) is 5.91 Å². The van der Waals surface area contributed by atoms with Crippen molar-refractivity contribution < 1.29 is 9.18 Å². The largest absolute Gasteiger partial charge is 0.318 e. The third kappa shape index (κ3) is 2.81. The fraction of sp³-hybridized carbons (Fsp3) is 0.0833. The summed E-state index contributed by atoms with van der Waals surface area (Å²) in [5.74, 6) is -0.787. The zero-order valence-corrected chi connectivity index (χ0v) is 13.2. The number of thiophene rings is 1. The molecule has 0 bridgehead atoms. The second-order valence-electron chi connectivity index (χ2n) is 3.62. The molecule has 0 unspecified atom stereocenters. The van der Waals surface area contributed by atoms with Crippen molar-refractivity contribution in [1.82, 2.24) is 0 Å². The fourth-order valence-corrected chi connectivity index (χ4v) is 3.24. The van der Waals surface area contributed by atoms with Crippen LogP contribution in [0.25, 0.3) is 0 Å². The van der Waals surface area contributed by atoms with E-state index in [1.807, 2.05) is 6.92 Å². The lowest BCUT2D eigenvalue weighted by Crippen LogP contribution is -2.11. The average Bonchev–Trinajstić information content (AvgIpc) is 2.64. The fourth-order valence-electron chi connectivity index (χ4n) is 1.36. The number of hydrogen-bond donors (Lipinski definition) is 1. The summed E-state index contributed by atoms with van der Waals surface area (Å²) in [6, 6.07) is 6.31.